The van der Waals surface area contributed by atoms with Crippen LogP contribution in [0.4, 0.5) is 4.39 Å². The van der Waals surface area contributed by atoms with Crippen molar-refractivity contribution in [1.29, 1.82) is 0 Å². The van der Waals surface area contributed by atoms with Gasteiger partial charge in [-0.2, -0.15) is 9.97 Å². The van der Waals surface area contributed by atoms with E-state index in [1.807, 2.05) is 0 Å². The summed E-state index contributed by atoms with van der Waals surface area (Å²) in [7, 11) is 5.51. The topological polar surface area (TPSA) is 115 Å². The van der Waals surface area contributed by atoms with Gasteiger partial charge < -0.3 is 9.47 Å². The van der Waals surface area contributed by atoms with E-state index in [4.69, 9.17) is 21.7 Å². The first-order valence-corrected chi connectivity index (χ1v) is 10.1. The SMILES string of the molecule is COc1cc(OC)nc(-n2c(=O)sc3cc(F)c(-n4c(=O)n(C)c(=S)n(C)c4=O)cc32)n1. The molecule has 32 heavy (non-hydrogen) atoms. The molecule has 0 radical (unpaired) electrons. The predicted octanol–water partition coefficient (Wildman–Crippen LogP) is 0.916. The fourth-order valence-electron chi connectivity index (χ4n) is 3.07. The Morgan fingerprint density at radius 2 is 1.50 bits per heavy atom. The molecule has 0 unspecified atom stereocenters. The van der Waals surface area contributed by atoms with Crippen molar-refractivity contribution in [1.82, 2.24) is 28.2 Å². The Bertz CT molecular complexity index is 1570. The minimum absolute atomic E-state index is 0.0259. The van der Waals surface area contributed by atoms with E-state index in [9.17, 15) is 18.8 Å². The van der Waals surface area contributed by atoms with Gasteiger partial charge in [-0.1, -0.05) is 11.3 Å². The number of aromatic nitrogens is 6. The van der Waals surface area contributed by atoms with Crippen molar-refractivity contribution in [2.75, 3.05) is 14.2 Å². The molecule has 0 spiro atoms. The summed E-state index contributed by atoms with van der Waals surface area (Å²) in [6.07, 6.45) is 0. The molecule has 0 aliphatic rings. The van der Waals surface area contributed by atoms with Gasteiger partial charge in [-0.25, -0.2) is 23.1 Å². The standard InChI is InChI=1S/C18H15FN6O5S2/c1-22-15(26)25(16(27)23(2)17(22)31)9-6-10-11(5-8(9)19)32-18(28)24(10)14-20-12(29-3)7-13(21-14)30-4/h5-7H,1-4H3. The van der Waals surface area contributed by atoms with E-state index < -0.39 is 22.1 Å². The van der Waals surface area contributed by atoms with E-state index in [1.165, 1.54) is 40.4 Å². The molecule has 0 bridgehead atoms. The van der Waals surface area contributed by atoms with Crippen LogP contribution in [0, 0.1) is 10.6 Å². The van der Waals surface area contributed by atoms with E-state index >= 15 is 0 Å². The van der Waals surface area contributed by atoms with Crippen LogP contribution in [-0.4, -0.2) is 42.5 Å². The van der Waals surface area contributed by atoms with Gasteiger partial charge >= 0.3 is 16.3 Å². The third-order valence-electron chi connectivity index (χ3n) is 4.71. The summed E-state index contributed by atoms with van der Waals surface area (Å²) >= 11 is 5.81. The number of nitrogens with zero attached hydrogens (tertiary/aromatic N) is 6. The van der Waals surface area contributed by atoms with Crippen LogP contribution in [0.1, 0.15) is 0 Å². The van der Waals surface area contributed by atoms with E-state index in [0.717, 1.165) is 31.1 Å². The molecule has 14 heteroatoms. The Hall–Kier alpha value is -3.65. The van der Waals surface area contributed by atoms with Crippen molar-refractivity contribution in [3.05, 3.63) is 59.4 Å². The molecule has 4 aromatic rings. The average molecular weight is 478 g/mol. The van der Waals surface area contributed by atoms with Crippen molar-refractivity contribution in [3.63, 3.8) is 0 Å². The summed E-state index contributed by atoms with van der Waals surface area (Å²) in [6.45, 7) is 0. The molecule has 0 saturated heterocycles. The highest BCUT2D eigenvalue weighted by Gasteiger charge is 2.20. The first-order chi connectivity index (χ1) is 15.2. The van der Waals surface area contributed by atoms with Crippen LogP contribution < -0.4 is 25.7 Å². The van der Waals surface area contributed by atoms with Gasteiger partial charge in [-0.3, -0.25) is 13.9 Å². The Morgan fingerprint density at radius 1 is 0.938 bits per heavy atom. The van der Waals surface area contributed by atoms with Crippen LogP contribution in [0.15, 0.2) is 32.6 Å². The number of halogens is 1. The van der Waals surface area contributed by atoms with Gasteiger partial charge in [0.25, 0.3) is 0 Å². The van der Waals surface area contributed by atoms with E-state index in [1.54, 1.807) is 0 Å². The summed E-state index contributed by atoms with van der Waals surface area (Å²) in [5.74, 6) is -0.676. The lowest BCUT2D eigenvalue weighted by Crippen LogP contribution is -2.43. The van der Waals surface area contributed by atoms with Crippen molar-refractivity contribution in [2.24, 2.45) is 14.1 Å². The highest BCUT2D eigenvalue weighted by molar-refractivity contribution is 7.71. The molecule has 0 atom stereocenters. The van der Waals surface area contributed by atoms with Crippen LogP contribution in [-0.2, 0) is 14.1 Å². The molecule has 11 nitrogen and oxygen atoms in total. The van der Waals surface area contributed by atoms with Crippen LogP contribution in [0.25, 0.3) is 21.9 Å². The monoisotopic (exact) mass is 478 g/mol. The quantitative estimate of drug-likeness (QED) is 0.398. The average Bonchev–Trinajstić information content (AvgIpc) is 3.10. The second-order valence-electron chi connectivity index (χ2n) is 6.53. The number of fused-ring (bicyclic) bond motifs is 1. The molecule has 1 aromatic carbocycles. The fourth-order valence-corrected chi connectivity index (χ4v) is 4.10. The van der Waals surface area contributed by atoms with Crippen molar-refractivity contribution in [2.45, 2.75) is 0 Å². The summed E-state index contributed by atoms with van der Waals surface area (Å²) in [5.41, 5.74) is -1.83. The second kappa shape index (κ2) is 7.80. The van der Waals surface area contributed by atoms with Crippen LogP contribution >= 0.6 is 23.6 Å². The van der Waals surface area contributed by atoms with Gasteiger partial charge in [-0.15, -0.1) is 0 Å². The summed E-state index contributed by atoms with van der Waals surface area (Å²) in [6, 6.07) is 3.70. The normalized spacial score (nSPS) is 11.2. The Morgan fingerprint density at radius 3 is 2.03 bits per heavy atom. The highest BCUT2D eigenvalue weighted by Crippen LogP contribution is 2.26. The Balaban J connectivity index is 2.09. The molecule has 166 valence electrons. The largest absolute Gasteiger partial charge is 0.481 e. The number of rotatable bonds is 4. The maximum atomic E-state index is 15.0. The molecular formula is C18H15FN6O5S2. The van der Waals surface area contributed by atoms with Crippen LogP contribution in [0.2, 0.25) is 0 Å². The minimum atomic E-state index is -0.869. The molecule has 0 aliphatic heterocycles. The molecular weight excluding hydrogens is 463 g/mol. The van der Waals surface area contributed by atoms with Gasteiger partial charge in [0.2, 0.25) is 17.7 Å². The maximum absolute atomic E-state index is 15.0. The lowest BCUT2D eigenvalue weighted by molar-refractivity contribution is 0.370. The Labute approximate surface area is 187 Å². The van der Waals surface area contributed by atoms with E-state index in [-0.39, 0.29) is 38.4 Å². The molecule has 3 aromatic heterocycles. The highest BCUT2D eigenvalue weighted by atomic mass is 32.1. The molecule has 0 N–H and O–H groups in total. The Kier molecular flexibility index (Phi) is 5.26. The summed E-state index contributed by atoms with van der Waals surface area (Å²) in [4.78, 5) is 46.0. The van der Waals surface area contributed by atoms with Gasteiger partial charge in [-0.05, 0) is 24.4 Å². The summed E-state index contributed by atoms with van der Waals surface area (Å²) in [5, 5.41) is 0. The zero-order chi connectivity index (χ0) is 23.3. The minimum Gasteiger partial charge on any atom is -0.481 e. The number of ether oxygens (including phenoxy) is 2. The molecule has 0 aliphatic carbocycles. The third-order valence-corrected chi connectivity index (χ3v) is 6.16. The number of thiazole rings is 1. The number of hydrogen-bond donors (Lipinski definition) is 0. The predicted molar refractivity (Wildman–Crippen MR) is 117 cm³/mol. The molecule has 0 amide bonds. The van der Waals surface area contributed by atoms with Crippen LogP contribution in [0.3, 0.4) is 0 Å². The zero-order valence-corrected chi connectivity index (χ0v) is 18.8. The van der Waals surface area contributed by atoms with Gasteiger partial charge in [0.1, 0.15) is 5.82 Å². The first-order valence-electron chi connectivity index (χ1n) is 8.90. The molecule has 3 heterocycles. The van der Waals surface area contributed by atoms with E-state index in [2.05, 4.69) is 9.97 Å². The lowest BCUT2D eigenvalue weighted by atomic mass is 10.2. The molecule has 0 fully saturated rings. The number of hydrogen-bond acceptors (Lipinski definition) is 9. The van der Waals surface area contributed by atoms with Crippen molar-refractivity contribution < 1.29 is 13.9 Å². The van der Waals surface area contributed by atoms with Gasteiger partial charge in [0, 0.05) is 14.1 Å². The molecule has 4 rings (SSSR count). The van der Waals surface area contributed by atoms with Crippen molar-refractivity contribution in [3.8, 4) is 23.4 Å². The first kappa shape index (κ1) is 21.6. The zero-order valence-electron chi connectivity index (χ0n) is 17.2. The van der Waals surface area contributed by atoms with Crippen molar-refractivity contribution >= 4 is 33.8 Å². The maximum Gasteiger partial charge on any atom is 0.338 e. The number of benzene rings is 1. The van der Waals surface area contributed by atoms with Gasteiger partial charge in [0.15, 0.2) is 4.77 Å². The summed E-state index contributed by atoms with van der Waals surface area (Å²) < 4.78 is 29.3. The van der Waals surface area contributed by atoms with Crippen LogP contribution in [0.5, 0.6) is 11.8 Å². The van der Waals surface area contributed by atoms with Gasteiger partial charge in [0.05, 0.1) is 36.2 Å². The second-order valence-corrected chi connectivity index (χ2v) is 7.89. The third kappa shape index (κ3) is 3.23. The lowest BCUT2D eigenvalue weighted by Gasteiger charge is -2.12. The van der Waals surface area contributed by atoms with E-state index in [0.29, 0.717) is 4.57 Å². The molecule has 0 saturated carbocycles. The fraction of sp³-hybridized carbons (Fsp3) is 0.222. The smallest absolute Gasteiger partial charge is 0.338 e. The number of methoxy groups -OCH3 is 2.